The van der Waals surface area contributed by atoms with Gasteiger partial charge in [0.25, 0.3) is 0 Å². The SMILES string of the molecule is c1ccc(-c2cccc(N(c3ccc(-c4ccc(-c5ccc(N(c6cccc(-c7ccccc7)c6)c6ccccn6)cc5)s4)cc3)c3ccccn3)c2)cc1. The average Bonchev–Trinajstić information content (AvgIpc) is 3.77. The minimum atomic E-state index is 0.868. The van der Waals surface area contributed by atoms with Crippen molar-refractivity contribution in [3.8, 4) is 43.1 Å². The maximum atomic E-state index is 4.74. The average molecular weight is 725 g/mol. The Morgan fingerprint density at radius 3 is 1.09 bits per heavy atom. The maximum Gasteiger partial charge on any atom is 0.137 e. The molecule has 262 valence electrons. The highest BCUT2D eigenvalue weighted by Crippen LogP contribution is 2.41. The number of pyridine rings is 2. The van der Waals surface area contributed by atoms with Crippen molar-refractivity contribution in [1.82, 2.24) is 9.97 Å². The van der Waals surface area contributed by atoms with Crippen molar-refractivity contribution >= 4 is 45.7 Å². The topological polar surface area (TPSA) is 32.3 Å². The number of nitrogens with zero attached hydrogens (tertiary/aromatic N) is 4. The summed E-state index contributed by atoms with van der Waals surface area (Å²) in [6.07, 6.45) is 3.69. The normalized spacial score (nSPS) is 10.9. The lowest BCUT2D eigenvalue weighted by atomic mass is 10.0. The van der Waals surface area contributed by atoms with Gasteiger partial charge in [-0.3, -0.25) is 9.80 Å². The van der Waals surface area contributed by atoms with Crippen LogP contribution in [0.25, 0.3) is 43.1 Å². The summed E-state index contributed by atoms with van der Waals surface area (Å²) in [5.74, 6) is 1.74. The van der Waals surface area contributed by atoms with E-state index in [2.05, 4.69) is 180 Å². The zero-order chi connectivity index (χ0) is 36.8. The smallest absolute Gasteiger partial charge is 0.137 e. The second-order valence-electron chi connectivity index (χ2n) is 13.1. The zero-order valence-electron chi connectivity index (χ0n) is 30.0. The third kappa shape index (κ3) is 7.30. The minimum absolute atomic E-state index is 0.868. The van der Waals surface area contributed by atoms with Crippen molar-refractivity contribution in [2.75, 3.05) is 9.80 Å². The Kier molecular flexibility index (Phi) is 9.50. The van der Waals surface area contributed by atoms with Crippen molar-refractivity contribution < 1.29 is 0 Å². The molecule has 0 spiro atoms. The third-order valence-corrected chi connectivity index (χ3v) is 10.8. The zero-order valence-corrected chi connectivity index (χ0v) is 30.8. The molecule has 0 aliphatic heterocycles. The van der Waals surface area contributed by atoms with Crippen LogP contribution >= 0.6 is 11.3 Å². The van der Waals surface area contributed by atoms with E-state index in [0.717, 1.165) is 45.5 Å². The fraction of sp³-hybridized carbons (Fsp3) is 0. The van der Waals surface area contributed by atoms with Gasteiger partial charge in [0, 0.05) is 44.9 Å². The summed E-state index contributed by atoms with van der Waals surface area (Å²) in [7, 11) is 0. The maximum absolute atomic E-state index is 4.74. The second-order valence-corrected chi connectivity index (χ2v) is 14.2. The molecule has 9 aromatic rings. The highest BCUT2D eigenvalue weighted by Gasteiger charge is 2.17. The molecule has 9 rings (SSSR count). The highest BCUT2D eigenvalue weighted by atomic mass is 32.1. The van der Waals surface area contributed by atoms with E-state index in [4.69, 9.17) is 9.97 Å². The van der Waals surface area contributed by atoms with Crippen molar-refractivity contribution in [3.63, 3.8) is 0 Å². The van der Waals surface area contributed by atoms with Gasteiger partial charge in [-0.1, -0.05) is 121 Å². The molecule has 4 nitrogen and oxygen atoms in total. The largest absolute Gasteiger partial charge is 0.295 e. The lowest BCUT2D eigenvalue weighted by molar-refractivity contribution is 1.18. The summed E-state index contributed by atoms with van der Waals surface area (Å²) in [5.41, 5.74) is 11.3. The number of thiophene rings is 1. The van der Waals surface area contributed by atoms with E-state index in [1.807, 2.05) is 48.8 Å². The Labute approximate surface area is 325 Å². The Hall–Kier alpha value is -7.08. The molecule has 3 aromatic heterocycles. The lowest BCUT2D eigenvalue weighted by Crippen LogP contribution is -2.11. The van der Waals surface area contributed by atoms with E-state index in [-0.39, 0.29) is 0 Å². The predicted molar refractivity (Wildman–Crippen MR) is 231 cm³/mol. The first-order valence-corrected chi connectivity index (χ1v) is 19.1. The van der Waals surface area contributed by atoms with Gasteiger partial charge in [0.1, 0.15) is 11.6 Å². The number of anilines is 6. The Morgan fingerprint density at radius 2 is 0.691 bits per heavy atom. The van der Waals surface area contributed by atoms with Crippen LogP contribution in [0.3, 0.4) is 0 Å². The quantitative estimate of drug-likeness (QED) is 0.141. The van der Waals surface area contributed by atoms with Crippen LogP contribution in [0, 0.1) is 0 Å². The van der Waals surface area contributed by atoms with Gasteiger partial charge in [0.15, 0.2) is 0 Å². The van der Waals surface area contributed by atoms with E-state index in [9.17, 15) is 0 Å². The fourth-order valence-corrected chi connectivity index (χ4v) is 7.92. The molecule has 0 aliphatic rings. The number of rotatable bonds is 10. The molecule has 0 unspecified atom stereocenters. The fourth-order valence-electron chi connectivity index (χ4n) is 6.91. The molecule has 0 saturated carbocycles. The summed E-state index contributed by atoms with van der Waals surface area (Å²) in [5, 5.41) is 0. The Morgan fingerprint density at radius 1 is 0.291 bits per heavy atom. The van der Waals surface area contributed by atoms with Crippen LogP contribution in [0.4, 0.5) is 34.4 Å². The molecule has 0 N–H and O–H groups in total. The molecule has 0 fully saturated rings. The summed E-state index contributed by atoms with van der Waals surface area (Å²) < 4.78 is 0. The molecule has 0 radical (unpaired) electrons. The van der Waals surface area contributed by atoms with Crippen LogP contribution in [-0.2, 0) is 0 Å². The standard InChI is InChI=1S/C50H36N4S/c1-3-13-37(14-4-1)41-17-11-19-45(35-41)53(49-21-7-9-33-51-49)43-27-23-39(24-28-43)47-31-32-48(55-47)40-25-29-44(30-26-40)54(50-22-8-10-34-52-50)46-20-12-18-42(36-46)38-15-5-2-6-16-38/h1-36H. The highest BCUT2D eigenvalue weighted by molar-refractivity contribution is 7.18. The van der Waals surface area contributed by atoms with Crippen molar-refractivity contribution in [1.29, 1.82) is 0 Å². The van der Waals surface area contributed by atoms with E-state index < -0.39 is 0 Å². The van der Waals surface area contributed by atoms with Crippen LogP contribution in [0.5, 0.6) is 0 Å². The molecule has 5 heteroatoms. The van der Waals surface area contributed by atoms with Gasteiger partial charge in [-0.15, -0.1) is 11.3 Å². The number of aromatic nitrogens is 2. The van der Waals surface area contributed by atoms with E-state index >= 15 is 0 Å². The van der Waals surface area contributed by atoms with Gasteiger partial charge in [-0.2, -0.15) is 0 Å². The van der Waals surface area contributed by atoms with Crippen LogP contribution in [0.15, 0.2) is 219 Å². The molecule has 0 saturated heterocycles. The summed E-state index contributed by atoms with van der Waals surface area (Å²) in [6.45, 7) is 0. The van der Waals surface area contributed by atoms with E-state index in [1.165, 1.54) is 32.0 Å². The number of benzene rings is 6. The molecular formula is C50H36N4S. The van der Waals surface area contributed by atoms with Crippen molar-refractivity contribution in [2.24, 2.45) is 0 Å². The molecule has 3 heterocycles. The Balaban J connectivity index is 0.988. The van der Waals surface area contributed by atoms with Gasteiger partial charge in [-0.25, -0.2) is 9.97 Å². The van der Waals surface area contributed by atoms with Crippen LogP contribution in [-0.4, -0.2) is 9.97 Å². The van der Waals surface area contributed by atoms with Crippen molar-refractivity contribution in [3.05, 3.63) is 219 Å². The van der Waals surface area contributed by atoms with Crippen molar-refractivity contribution in [2.45, 2.75) is 0 Å². The first-order valence-electron chi connectivity index (χ1n) is 18.3. The first kappa shape index (κ1) is 33.7. The molecule has 0 aliphatic carbocycles. The summed E-state index contributed by atoms with van der Waals surface area (Å²) >= 11 is 1.80. The summed E-state index contributed by atoms with van der Waals surface area (Å²) in [6, 6.07) is 72.3. The van der Waals surface area contributed by atoms with Gasteiger partial charge < -0.3 is 0 Å². The molecule has 55 heavy (non-hydrogen) atoms. The van der Waals surface area contributed by atoms with Gasteiger partial charge >= 0.3 is 0 Å². The Bertz CT molecular complexity index is 2440. The first-order chi connectivity index (χ1) is 27.3. The van der Waals surface area contributed by atoms with Crippen LogP contribution < -0.4 is 9.80 Å². The third-order valence-electron chi connectivity index (χ3n) is 9.61. The van der Waals surface area contributed by atoms with Gasteiger partial charge in [-0.05, 0) is 118 Å². The second kappa shape index (κ2) is 15.5. The van der Waals surface area contributed by atoms with E-state index in [0.29, 0.717) is 0 Å². The van der Waals surface area contributed by atoms with Gasteiger partial charge in [0.2, 0.25) is 0 Å². The molecule has 0 bridgehead atoms. The molecule has 0 atom stereocenters. The molecule has 0 amide bonds. The summed E-state index contributed by atoms with van der Waals surface area (Å²) in [4.78, 5) is 16.3. The minimum Gasteiger partial charge on any atom is -0.295 e. The number of hydrogen-bond acceptors (Lipinski definition) is 5. The lowest BCUT2D eigenvalue weighted by Gasteiger charge is -2.25. The monoisotopic (exact) mass is 724 g/mol. The number of hydrogen-bond donors (Lipinski definition) is 0. The van der Waals surface area contributed by atoms with E-state index in [1.54, 1.807) is 11.3 Å². The molecular weight excluding hydrogens is 689 g/mol. The van der Waals surface area contributed by atoms with Crippen LogP contribution in [0.1, 0.15) is 0 Å². The van der Waals surface area contributed by atoms with Crippen LogP contribution in [0.2, 0.25) is 0 Å². The van der Waals surface area contributed by atoms with Gasteiger partial charge in [0.05, 0.1) is 0 Å². The predicted octanol–water partition coefficient (Wildman–Crippen LogP) is 14.1. The molecule has 6 aromatic carbocycles.